The van der Waals surface area contributed by atoms with Crippen molar-refractivity contribution in [2.75, 3.05) is 5.32 Å². The number of hydrogen-bond donors (Lipinski definition) is 1. The van der Waals surface area contributed by atoms with Gasteiger partial charge in [0.1, 0.15) is 0 Å². The molecule has 1 heterocycles. The van der Waals surface area contributed by atoms with Crippen LogP contribution in [0.2, 0.25) is 5.02 Å². The van der Waals surface area contributed by atoms with Gasteiger partial charge in [-0.3, -0.25) is 0 Å². The summed E-state index contributed by atoms with van der Waals surface area (Å²) in [4.78, 5) is 5.12. The first-order valence-corrected chi connectivity index (χ1v) is 6.63. The van der Waals surface area contributed by atoms with E-state index in [0.29, 0.717) is 12.2 Å². The molecule has 0 fully saturated rings. The van der Waals surface area contributed by atoms with Crippen molar-refractivity contribution in [2.45, 2.75) is 19.6 Å². The standard InChI is InChI=1S/C12H10ClF3N2S/c1-7-11(19-6-18-7)5-17-10-3-2-8(4-9(10)13)12(14,15)16/h2-4,6,17H,5H2,1H3. The number of anilines is 1. The Labute approximate surface area is 117 Å². The van der Waals surface area contributed by atoms with Gasteiger partial charge in [0.25, 0.3) is 0 Å². The summed E-state index contributed by atoms with van der Waals surface area (Å²) in [7, 11) is 0. The highest BCUT2D eigenvalue weighted by Gasteiger charge is 2.30. The van der Waals surface area contributed by atoms with Gasteiger partial charge in [0.15, 0.2) is 0 Å². The summed E-state index contributed by atoms with van der Waals surface area (Å²) < 4.78 is 37.4. The number of hydrogen-bond acceptors (Lipinski definition) is 3. The number of benzene rings is 1. The van der Waals surface area contributed by atoms with Crippen molar-refractivity contribution in [3.63, 3.8) is 0 Å². The summed E-state index contributed by atoms with van der Waals surface area (Å²) in [5.74, 6) is 0. The van der Waals surface area contributed by atoms with Crippen LogP contribution in [0.25, 0.3) is 0 Å². The van der Waals surface area contributed by atoms with Gasteiger partial charge < -0.3 is 5.32 Å². The average molecular weight is 307 g/mol. The summed E-state index contributed by atoms with van der Waals surface area (Å²) in [6.07, 6.45) is -4.38. The molecule has 2 rings (SSSR count). The van der Waals surface area contributed by atoms with Crippen LogP contribution >= 0.6 is 22.9 Å². The topological polar surface area (TPSA) is 24.9 Å². The first-order valence-electron chi connectivity index (χ1n) is 5.37. The van der Waals surface area contributed by atoms with Crippen LogP contribution in [0.5, 0.6) is 0 Å². The van der Waals surface area contributed by atoms with E-state index in [1.165, 1.54) is 17.4 Å². The molecular weight excluding hydrogens is 297 g/mol. The molecule has 0 bridgehead atoms. The van der Waals surface area contributed by atoms with E-state index in [9.17, 15) is 13.2 Å². The molecule has 1 aromatic heterocycles. The van der Waals surface area contributed by atoms with Gasteiger partial charge in [0.2, 0.25) is 0 Å². The van der Waals surface area contributed by atoms with Gasteiger partial charge >= 0.3 is 6.18 Å². The van der Waals surface area contributed by atoms with E-state index in [1.54, 1.807) is 5.51 Å². The molecule has 0 aliphatic carbocycles. The third kappa shape index (κ3) is 3.39. The molecular formula is C12H10ClF3N2S. The van der Waals surface area contributed by atoms with Crippen LogP contribution in [-0.2, 0) is 12.7 Å². The number of halogens is 4. The predicted octanol–water partition coefficient (Wildman–Crippen LogP) is 4.74. The minimum atomic E-state index is -4.38. The number of rotatable bonds is 3. The fraction of sp³-hybridized carbons (Fsp3) is 0.250. The van der Waals surface area contributed by atoms with Gasteiger partial charge in [-0.2, -0.15) is 13.2 Å². The average Bonchev–Trinajstić information content (AvgIpc) is 2.72. The molecule has 0 saturated carbocycles. The number of aromatic nitrogens is 1. The molecule has 2 nitrogen and oxygen atoms in total. The van der Waals surface area contributed by atoms with E-state index in [4.69, 9.17) is 11.6 Å². The van der Waals surface area contributed by atoms with Crippen LogP contribution < -0.4 is 5.32 Å². The SMILES string of the molecule is Cc1ncsc1CNc1ccc(C(F)(F)F)cc1Cl. The second-order valence-corrected chi connectivity index (χ2v) is 5.25. The molecule has 2 aromatic rings. The van der Waals surface area contributed by atoms with E-state index in [2.05, 4.69) is 10.3 Å². The lowest BCUT2D eigenvalue weighted by Crippen LogP contribution is -2.06. The Morgan fingerprint density at radius 2 is 2.11 bits per heavy atom. The van der Waals surface area contributed by atoms with Crippen LogP contribution in [-0.4, -0.2) is 4.98 Å². The predicted molar refractivity (Wildman–Crippen MR) is 70.6 cm³/mol. The maximum absolute atomic E-state index is 12.5. The highest BCUT2D eigenvalue weighted by atomic mass is 35.5. The van der Waals surface area contributed by atoms with Gasteiger partial charge in [-0.05, 0) is 25.1 Å². The molecule has 19 heavy (non-hydrogen) atoms. The van der Waals surface area contributed by atoms with Crippen LogP contribution in [0.15, 0.2) is 23.7 Å². The Hall–Kier alpha value is -1.27. The minimum Gasteiger partial charge on any atom is -0.379 e. The van der Waals surface area contributed by atoms with Crippen molar-refractivity contribution >= 4 is 28.6 Å². The van der Waals surface area contributed by atoms with Crippen molar-refractivity contribution < 1.29 is 13.2 Å². The van der Waals surface area contributed by atoms with Gasteiger partial charge in [-0.1, -0.05) is 11.6 Å². The summed E-state index contributed by atoms with van der Waals surface area (Å²) >= 11 is 7.33. The first-order chi connectivity index (χ1) is 8.88. The number of alkyl halides is 3. The van der Waals surface area contributed by atoms with Crippen molar-refractivity contribution in [1.29, 1.82) is 0 Å². The van der Waals surface area contributed by atoms with Crippen molar-refractivity contribution in [2.24, 2.45) is 0 Å². The summed E-state index contributed by atoms with van der Waals surface area (Å²) in [6.45, 7) is 2.36. The Morgan fingerprint density at radius 3 is 2.63 bits per heavy atom. The van der Waals surface area contributed by atoms with Gasteiger partial charge in [0.05, 0.1) is 34.0 Å². The number of aryl methyl sites for hydroxylation is 1. The Morgan fingerprint density at radius 1 is 1.37 bits per heavy atom. The second-order valence-electron chi connectivity index (χ2n) is 3.91. The minimum absolute atomic E-state index is 0.0528. The van der Waals surface area contributed by atoms with Gasteiger partial charge in [-0.25, -0.2) is 4.98 Å². The maximum atomic E-state index is 12.5. The summed E-state index contributed by atoms with van der Waals surface area (Å²) in [6, 6.07) is 3.26. The third-order valence-corrected chi connectivity index (χ3v) is 3.83. The summed E-state index contributed by atoms with van der Waals surface area (Å²) in [5, 5.41) is 3.06. The molecule has 0 amide bonds. The van der Waals surface area contributed by atoms with E-state index in [0.717, 1.165) is 22.7 Å². The second kappa shape index (κ2) is 5.38. The number of nitrogens with zero attached hydrogens (tertiary/aromatic N) is 1. The lowest BCUT2D eigenvalue weighted by Gasteiger charge is -2.11. The lowest BCUT2D eigenvalue weighted by molar-refractivity contribution is -0.137. The zero-order valence-corrected chi connectivity index (χ0v) is 11.5. The molecule has 0 spiro atoms. The van der Waals surface area contributed by atoms with Crippen LogP contribution in [0, 0.1) is 6.92 Å². The number of nitrogens with one attached hydrogen (secondary N) is 1. The molecule has 1 N–H and O–H groups in total. The van der Waals surface area contributed by atoms with Crippen molar-refractivity contribution in [3.8, 4) is 0 Å². The molecule has 0 atom stereocenters. The fourth-order valence-electron chi connectivity index (χ4n) is 1.51. The third-order valence-electron chi connectivity index (χ3n) is 2.58. The molecule has 0 radical (unpaired) electrons. The number of thiazole rings is 1. The van der Waals surface area contributed by atoms with Crippen molar-refractivity contribution in [3.05, 3.63) is 44.9 Å². The van der Waals surface area contributed by atoms with Crippen molar-refractivity contribution in [1.82, 2.24) is 4.98 Å². The van der Waals surface area contributed by atoms with E-state index in [-0.39, 0.29) is 5.02 Å². The molecule has 102 valence electrons. The molecule has 1 aromatic carbocycles. The van der Waals surface area contributed by atoms with Crippen LogP contribution in [0.4, 0.5) is 18.9 Å². The van der Waals surface area contributed by atoms with Gasteiger partial charge in [-0.15, -0.1) is 11.3 Å². The highest BCUT2D eigenvalue weighted by molar-refractivity contribution is 7.09. The van der Waals surface area contributed by atoms with Crippen LogP contribution in [0.3, 0.4) is 0 Å². The highest BCUT2D eigenvalue weighted by Crippen LogP contribution is 2.34. The Bertz CT molecular complexity index is 581. The maximum Gasteiger partial charge on any atom is 0.416 e. The van der Waals surface area contributed by atoms with E-state index in [1.807, 2.05) is 6.92 Å². The van der Waals surface area contributed by atoms with E-state index < -0.39 is 11.7 Å². The molecule has 7 heteroatoms. The fourth-order valence-corrected chi connectivity index (χ4v) is 2.47. The normalized spacial score (nSPS) is 11.6. The molecule has 0 aliphatic rings. The Kier molecular flexibility index (Phi) is 4.01. The molecule has 0 aliphatic heterocycles. The van der Waals surface area contributed by atoms with Gasteiger partial charge in [0, 0.05) is 4.88 Å². The largest absolute Gasteiger partial charge is 0.416 e. The molecule has 0 unspecified atom stereocenters. The smallest absolute Gasteiger partial charge is 0.379 e. The van der Waals surface area contributed by atoms with Crippen LogP contribution in [0.1, 0.15) is 16.1 Å². The first kappa shape index (κ1) is 14.1. The zero-order chi connectivity index (χ0) is 14.0. The monoisotopic (exact) mass is 306 g/mol. The lowest BCUT2D eigenvalue weighted by atomic mass is 10.2. The van der Waals surface area contributed by atoms with E-state index >= 15 is 0 Å². The quantitative estimate of drug-likeness (QED) is 0.886. The molecule has 0 saturated heterocycles. The summed E-state index contributed by atoms with van der Waals surface area (Å²) in [5.41, 5.74) is 2.35. The Balaban J connectivity index is 2.12. The zero-order valence-electron chi connectivity index (χ0n) is 9.88.